The fraction of sp³-hybridized carbons (Fsp3) is 0.552. The zero-order valence-corrected chi connectivity index (χ0v) is 22.9. The van der Waals surface area contributed by atoms with Crippen molar-refractivity contribution < 1.29 is 46.0 Å². The summed E-state index contributed by atoms with van der Waals surface area (Å²) >= 11 is 0. The molecule has 1 amide bonds. The molecule has 0 bridgehead atoms. The molecule has 2 aromatic rings. The molecule has 2 aromatic carbocycles. The maximum absolute atomic E-state index is 14.4. The van der Waals surface area contributed by atoms with Crippen LogP contribution in [0, 0.1) is 11.7 Å². The van der Waals surface area contributed by atoms with E-state index in [0.29, 0.717) is 17.7 Å². The van der Waals surface area contributed by atoms with Gasteiger partial charge in [-0.2, -0.15) is 0 Å². The van der Waals surface area contributed by atoms with E-state index in [9.17, 15) is 22.4 Å². The zero-order valence-electron chi connectivity index (χ0n) is 22.9. The Balaban J connectivity index is 1.59. The Bertz CT molecular complexity index is 1170. The number of rotatable bonds is 10. The Morgan fingerprint density at radius 1 is 1.07 bits per heavy atom. The lowest BCUT2D eigenvalue weighted by Gasteiger charge is -2.43. The van der Waals surface area contributed by atoms with Crippen molar-refractivity contribution in [3.63, 3.8) is 0 Å². The van der Waals surface area contributed by atoms with Gasteiger partial charge in [0, 0.05) is 24.9 Å². The number of fused-ring (bicyclic) bond motifs is 1. The molecule has 7 nitrogen and oxygen atoms in total. The molecule has 1 saturated carbocycles. The number of ether oxygens (including phenoxy) is 5. The van der Waals surface area contributed by atoms with Gasteiger partial charge in [0.15, 0.2) is 11.4 Å². The van der Waals surface area contributed by atoms with Crippen LogP contribution < -0.4 is 10.1 Å². The lowest BCUT2D eigenvalue weighted by Crippen LogP contribution is -2.60. The number of amides is 1. The van der Waals surface area contributed by atoms with E-state index in [4.69, 9.17) is 18.9 Å². The van der Waals surface area contributed by atoms with Gasteiger partial charge in [-0.05, 0) is 43.5 Å². The van der Waals surface area contributed by atoms with Crippen molar-refractivity contribution in [1.29, 1.82) is 0 Å². The Labute approximate surface area is 231 Å². The van der Waals surface area contributed by atoms with Crippen molar-refractivity contribution in [1.82, 2.24) is 5.32 Å². The van der Waals surface area contributed by atoms with Crippen LogP contribution in [0.5, 0.6) is 5.75 Å². The fourth-order valence-electron chi connectivity index (χ4n) is 5.03. The number of carbonyl (C=O) groups excluding carboxylic acids is 1. The minimum Gasteiger partial charge on any atom is -0.406 e. The van der Waals surface area contributed by atoms with E-state index in [1.807, 2.05) is 13.8 Å². The standard InChI is InChI=1S/C29H35F4NO6/c1-18(2)15-34-26(35)28(37-17-20-9-5-6-11-22(20)30)13-23(25-24(14-28)39-27(3,4)40-25)36-16-19-8-7-10-21(12-19)38-29(31,32)33/h5-12,18,23-25H,13-17H2,1-4H3,(H,34,35)/t23?,24-,25+,28-/m1/s1. The van der Waals surface area contributed by atoms with E-state index < -0.39 is 41.9 Å². The predicted octanol–water partition coefficient (Wildman–Crippen LogP) is 5.65. The summed E-state index contributed by atoms with van der Waals surface area (Å²) in [5, 5.41) is 2.94. The highest BCUT2D eigenvalue weighted by Gasteiger charge is 2.58. The Morgan fingerprint density at radius 3 is 2.52 bits per heavy atom. The topological polar surface area (TPSA) is 75.3 Å². The lowest BCUT2D eigenvalue weighted by atomic mass is 9.78. The zero-order chi connectivity index (χ0) is 29.1. The molecule has 4 atom stereocenters. The number of hydrogen-bond donors (Lipinski definition) is 1. The van der Waals surface area contributed by atoms with Gasteiger partial charge in [0.05, 0.1) is 25.4 Å². The predicted molar refractivity (Wildman–Crippen MR) is 137 cm³/mol. The molecule has 1 aliphatic heterocycles. The Morgan fingerprint density at radius 2 is 1.82 bits per heavy atom. The van der Waals surface area contributed by atoms with E-state index >= 15 is 0 Å². The van der Waals surface area contributed by atoms with Crippen LogP contribution in [-0.4, -0.2) is 48.5 Å². The molecule has 2 fully saturated rings. The second-order valence-electron chi connectivity index (χ2n) is 11.1. The molecule has 0 radical (unpaired) electrons. The largest absolute Gasteiger partial charge is 0.573 e. The molecular weight excluding hydrogens is 534 g/mol. The van der Waals surface area contributed by atoms with Crippen LogP contribution in [0.3, 0.4) is 0 Å². The minimum atomic E-state index is -4.82. The maximum atomic E-state index is 14.4. The van der Waals surface area contributed by atoms with Gasteiger partial charge in [-0.15, -0.1) is 13.2 Å². The van der Waals surface area contributed by atoms with Crippen molar-refractivity contribution in [3.8, 4) is 5.75 Å². The van der Waals surface area contributed by atoms with E-state index in [2.05, 4.69) is 10.1 Å². The van der Waals surface area contributed by atoms with Gasteiger partial charge in [0.2, 0.25) is 0 Å². The smallest absolute Gasteiger partial charge is 0.406 e. The summed E-state index contributed by atoms with van der Waals surface area (Å²) in [7, 11) is 0. The fourth-order valence-corrected chi connectivity index (χ4v) is 5.03. The van der Waals surface area contributed by atoms with E-state index in [1.165, 1.54) is 24.3 Å². The highest BCUT2D eigenvalue weighted by molar-refractivity contribution is 5.85. The highest BCUT2D eigenvalue weighted by atomic mass is 19.4. The number of hydrogen-bond acceptors (Lipinski definition) is 6. The maximum Gasteiger partial charge on any atom is 0.573 e. The van der Waals surface area contributed by atoms with Crippen molar-refractivity contribution in [2.24, 2.45) is 5.92 Å². The molecular formula is C29H35F4NO6. The third kappa shape index (κ3) is 7.72. The van der Waals surface area contributed by atoms with Gasteiger partial charge in [-0.1, -0.05) is 44.2 Å². The van der Waals surface area contributed by atoms with E-state index in [-0.39, 0.29) is 43.6 Å². The molecule has 4 rings (SSSR count). The van der Waals surface area contributed by atoms with Gasteiger partial charge in [0.1, 0.15) is 17.7 Å². The van der Waals surface area contributed by atoms with Crippen LogP contribution >= 0.6 is 0 Å². The Kier molecular flexibility index (Phi) is 9.08. The summed E-state index contributed by atoms with van der Waals surface area (Å²) in [6, 6.07) is 11.6. The van der Waals surface area contributed by atoms with Crippen LogP contribution in [0.4, 0.5) is 17.6 Å². The lowest BCUT2D eigenvalue weighted by molar-refractivity contribution is -0.274. The van der Waals surface area contributed by atoms with Gasteiger partial charge in [-0.25, -0.2) is 4.39 Å². The second-order valence-corrected chi connectivity index (χ2v) is 11.1. The molecule has 40 heavy (non-hydrogen) atoms. The first-order chi connectivity index (χ1) is 18.8. The first-order valence-electron chi connectivity index (χ1n) is 13.2. The van der Waals surface area contributed by atoms with Crippen LogP contribution in [0.2, 0.25) is 0 Å². The van der Waals surface area contributed by atoms with Crippen LogP contribution in [-0.2, 0) is 37.0 Å². The SMILES string of the molecule is CC(C)CNC(=O)[C@@]1(OCc2ccccc2F)CC(OCc2cccc(OC(F)(F)F)c2)[C@@H]2OC(C)(C)O[C@@H]2C1. The number of alkyl halides is 3. The first kappa shape index (κ1) is 30.2. The van der Waals surface area contributed by atoms with Crippen molar-refractivity contribution in [2.75, 3.05) is 6.54 Å². The molecule has 0 spiro atoms. The summed E-state index contributed by atoms with van der Waals surface area (Å²) < 4.78 is 81.3. The molecule has 1 N–H and O–H groups in total. The summed E-state index contributed by atoms with van der Waals surface area (Å²) in [4.78, 5) is 13.7. The van der Waals surface area contributed by atoms with Gasteiger partial charge in [0.25, 0.3) is 5.91 Å². The third-order valence-corrected chi connectivity index (χ3v) is 6.79. The van der Waals surface area contributed by atoms with Gasteiger partial charge < -0.3 is 29.0 Å². The third-order valence-electron chi connectivity index (χ3n) is 6.79. The molecule has 1 heterocycles. The normalized spacial score (nSPS) is 26.0. The van der Waals surface area contributed by atoms with E-state index in [0.717, 1.165) is 0 Å². The quantitative estimate of drug-likeness (QED) is 0.373. The van der Waals surface area contributed by atoms with Crippen molar-refractivity contribution >= 4 is 5.91 Å². The molecule has 220 valence electrons. The van der Waals surface area contributed by atoms with Crippen molar-refractivity contribution in [2.45, 2.75) is 89.8 Å². The number of benzene rings is 2. The highest BCUT2D eigenvalue weighted by Crippen LogP contribution is 2.44. The minimum absolute atomic E-state index is 0.0602. The Hall–Kier alpha value is -2.73. The molecule has 2 aliphatic rings. The summed E-state index contributed by atoms with van der Waals surface area (Å²) in [6.07, 6.45) is -6.49. The van der Waals surface area contributed by atoms with Crippen LogP contribution in [0.15, 0.2) is 48.5 Å². The molecule has 1 aliphatic carbocycles. The molecule has 11 heteroatoms. The molecule has 0 aromatic heterocycles. The van der Waals surface area contributed by atoms with Crippen LogP contribution in [0.1, 0.15) is 51.7 Å². The molecule has 1 unspecified atom stereocenters. The number of nitrogens with one attached hydrogen (secondary N) is 1. The monoisotopic (exact) mass is 569 g/mol. The average molecular weight is 570 g/mol. The van der Waals surface area contributed by atoms with Crippen LogP contribution in [0.25, 0.3) is 0 Å². The van der Waals surface area contributed by atoms with Gasteiger partial charge >= 0.3 is 6.36 Å². The summed E-state index contributed by atoms with van der Waals surface area (Å²) in [5.74, 6) is -1.99. The summed E-state index contributed by atoms with van der Waals surface area (Å²) in [6.45, 7) is 7.59. The average Bonchev–Trinajstić information content (AvgIpc) is 3.18. The number of carbonyl (C=O) groups is 1. The van der Waals surface area contributed by atoms with E-state index in [1.54, 1.807) is 38.1 Å². The van der Waals surface area contributed by atoms with Crippen molar-refractivity contribution in [3.05, 3.63) is 65.5 Å². The first-order valence-corrected chi connectivity index (χ1v) is 13.2. The van der Waals surface area contributed by atoms with Gasteiger partial charge in [-0.3, -0.25) is 4.79 Å². The molecule has 1 saturated heterocycles. The summed E-state index contributed by atoms with van der Waals surface area (Å²) in [5.41, 5.74) is -0.707. The number of halogens is 4. The second kappa shape index (κ2) is 12.0.